The van der Waals surface area contributed by atoms with Crippen molar-refractivity contribution in [3.8, 4) is 5.75 Å². The number of carbonyl (C=O) groups is 1. The number of carbonyl (C=O) groups excluding carboxylic acids is 1. The molecule has 1 aromatic heterocycles. The molecule has 0 N–H and O–H groups in total. The van der Waals surface area contributed by atoms with E-state index in [-0.39, 0.29) is 17.9 Å². The summed E-state index contributed by atoms with van der Waals surface area (Å²) in [6.07, 6.45) is 2.24. The molecule has 0 saturated carbocycles. The fourth-order valence-corrected chi connectivity index (χ4v) is 1.58. The van der Waals surface area contributed by atoms with E-state index in [0.717, 1.165) is 5.56 Å². The van der Waals surface area contributed by atoms with Gasteiger partial charge in [0, 0.05) is 6.20 Å². The number of hydrogen-bond donors (Lipinski definition) is 0. The number of benzene rings is 1. The van der Waals surface area contributed by atoms with E-state index in [0.29, 0.717) is 12.9 Å². The summed E-state index contributed by atoms with van der Waals surface area (Å²) in [4.78, 5) is 22.3. The van der Waals surface area contributed by atoms with Crippen molar-refractivity contribution >= 4 is 6.29 Å². The van der Waals surface area contributed by atoms with Crippen molar-refractivity contribution in [2.75, 3.05) is 0 Å². The number of aromatic nitrogens is 1. The van der Waals surface area contributed by atoms with E-state index in [1.165, 1.54) is 4.57 Å². The Hall–Kier alpha value is -2.36. The summed E-state index contributed by atoms with van der Waals surface area (Å²) in [7, 11) is 0. The monoisotopic (exact) mass is 243 g/mol. The Labute approximate surface area is 104 Å². The van der Waals surface area contributed by atoms with Crippen LogP contribution in [-0.4, -0.2) is 10.9 Å². The van der Waals surface area contributed by atoms with Crippen molar-refractivity contribution in [3.63, 3.8) is 0 Å². The third kappa shape index (κ3) is 2.85. The first-order chi connectivity index (χ1) is 8.81. The first-order valence-corrected chi connectivity index (χ1v) is 5.61. The molecule has 0 spiro atoms. The summed E-state index contributed by atoms with van der Waals surface area (Å²) in [6.45, 7) is 0.378. The van der Waals surface area contributed by atoms with Crippen molar-refractivity contribution in [2.45, 2.75) is 13.2 Å². The van der Waals surface area contributed by atoms with Gasteiger partial charge in [0.25, 0.3) is 5.56 Å². The van der Waals surface area contributed by atoms with Crippen LogP contribution in [0.4, 0.5) is 0 Å². The van der Waals surface area contributed by atoms with Crippen LogP contribution in [0.1, 0.15) is 5.56 Å². The molecule has 4 heteroatoms. The largest absolute Gasteiger partial charge is 0.483 e. The molecule has 2 rings (SSSR count). The van der Waals surface area contributed by atoms with E-state index in [2.05, 4.69) is 0 Å². The van der Waals surface area contributed by atoms with Crippen molar-refractivity contribution in [3.05, 3.63) is 64.6 Å². The molecule has 1 heterocycles. The first kappa shape index (κ1) is 12.1. The summed E-state index contributed by atoms with van der Waals surface area (Å²) >= 11 is 0. The van der Waals surface area contributed by atoms with Gasteiger partial charge >= 0.3 is 0 Å². The number of aldehydes is 1. The smallest absolute Gasteiger partial charge is 0.293 e. The molecule has 0 amide bonds. The van der Waals surface area contributed by atoms with Gasteiger partial charge in [0.05, 0.1) is 6.54 Å². The molecule has 0 saturated heterocycles. The lowest BCUT2D eigenvalue weighted by atomic mass is 10.2. The van der Waals surface area contributed by atoms with Gasteiger partial charge in [-0.15, -0.1) is 0 Å². The molecule has 2 aromatic rings. The van der Waals surface area contributed by atoms with Gasteiger partial charge in [0.2, 0.25) is 0 Å². The number of nitrogens with zero attached hydrogens (tertiary/aromatic N) is 1. The number of rotatable bonds is 5. The molecular weight excluding hydrogens is 230 g/mol. The Morgan fingerprint density at radius 2 is 1.89 bits per heavy atom. The molecular formula is C14H13NO3. The molecule has 0 radical (unpaired) electrons. The topological polar surface area (TPSA) is 48.3 Å². The van der Waals surface area contributed by atoms with Gasteiger partial charge in [-0.2, -0.15) is 0 Å². The number of pyridine rings is 1. The van der Waals surface area contributed by atoms with Crippen LogP contribution in [0, 0.1) is 0 Å². The van der Waals surface area contributed by atoms with Crippen molar-refractivity contribution in [2.24, 2.45) is 0 Å². The molecule has 18 heavy (non-hydrogen) atoms. The minimum absolute atomic E-state index is 0.0430. The molecule has 0 unspecified atom stereocenters. The Bertz CT molecular complexity index is 575. The van der Waals surface area contributed by atoms with E-state index in [4.69, 9.17) is 4.74 Å². The lowest BCUT2D eigenvalue weighted by Crippen LogP contribution is -2.21. The Morgan fingerprint density at radius 1 is 1.11 bits per heavy atom. The zero-order valence-corrected chi connectivity index (χ0v) is 9.78. The van der Waals surface area contributed by atoms with Crippen LogP contribution in [0.25, 0.3) is 0 Å². The minimum Gasteiger partial charge on any atom is -0.483 e. The van der Waals surface area contributed by atoms with Gasteiger partial charge in [0.15, 0.2) is 5.75 Å². The van der Waals surface area contributed by atoms with Crippen molar-refractivity contribution in [1.29, 1.82) is 0 Å². The van der Waals surface area contributed by atoms with Gasteiger partial charge in [-0.1, -0.05) is 30.3 Å². The Kier molecular flexibility index (Phi) is 3.91. The summed E-state index contributed by atoms with van der Waals surface area (Å²) in [5.41, 5.74) is 0.697. The molecule has 1 aromatic carbocycles. The van der Waals surface area contributed by atoms with Gasteiger partial charge in [-0.3, -0.25) is 4.79 Å². The van der Waals surface area contributed by atoms with E-state index < -0.39 is 0 Å². The normalized spacial score (nSPS) is 10.0. The highest BCUT2D eigenvalue weighted by Crippen LogP contribution is 2.06. The zero-order valence-electron chi connectivity index (χ0n) is 9.78. The third-order valence-electron chi connectivity index (χ3n) is 2.49. The quantitative estimate of drug-likeness (QED) is 0.750. The summed E-state index contributed by atoms with van der Waals surface area (Å²) in [6, 6.07) is 12.9. The standard InChI is InChI=1S/C14H13NO3/c16-10-9-15-8-4-7-13(14(15)17)18-11-12-5-2-1-3-6-12/h1-8,10H,9,11H2. The van der Waals surface area contributed by atoms with E-state index in [1.807, 2.05) is 30.3 Å². The predicted octanol–water partition coefficient (Wildman–Crippen LogP) is 1.63. The molecule has 4 nitrogen and oxygen atoms in total. The SMILES string of the molecule is O=CCn1cccc(OCc2ccccc2)c1=O. The van der Waals surface area contributed by atoms with Gasteiger partial charge in [0.1, 0.15) is 12.9 Å². The Balaban J connectivity index is 2.12. The van der Waals surface area contributed by atoms with Crippen LogP contribution in [-0.2, 0) is 17.9 Å². The maximum Gasteiger partial charge on any atom is 0.293 e. The average molecular weight is 243 g/mol. The summed E-state index contributed by atoms with van der Waals surface area (Å²) in [5, 5.41) is 0. The van der Waals surface area contributed by atoms with Crippen molar-refractivity contribution < 1.29 is 9.53 Å². The lowest BCUT2D eigenvalue weighted by molar-refractivity contribution is -0.108. The number of ether oxygens (including phenoxy) is 1. The summed E-state index contributed by atoms with van der Waals surface area (Å²) in [5.74, 6) is 0.253. The third-order valence-corrected chi connectivity index (χ3v) is 2.49. The minimum atomic E-state index is -0.291. The highest BCUT2D eigenvalue weighted by molar-refractivity contribution is 5.49. The van der Waals surface area contributed by atoms with E-state index >= 15 is 0 Å². The van der Waals surface area contributed by atoms with Crippen LogP contribution in [0.3, 0.4) is 0 Å². The second-order valence-corrected chi connectivity index (χ2v) is 3.77. The second kappa shape index (κ2) is 5.82. The highest BCUT2D eigenvalue weighted by Gasteiger charge is 2.03. The van der Waals surface area contributed by atoms with E-state index in [1.54, 1.807) is 18.3 Å². The van der Waals surface area contributed by atoms with Crippen molar-refractivity contribution in [1.82, 2.24) is 4.57 Å². The molecule has 92 valence electrons. The van der Waals surface area contributed by atoms with Crippen LogP contribution >= 0.6 is 0 Å². The molecule has 0 aliphatic heterocycles. The molecule has 0 aliphatic rings. The summed E-state index contributed by atoms with van der Waals surface area (Å²) < 4.78 is 6.77. The lowest BCUT2D eigenvalue weighted by Gasteiger charge is -2.07. The van der Waals surface area contributed by atoms with Crippen LogP contribution < -0.4 is 10.3 Å². The Morgan fingerprint density at radius 3 is 2.61 bits per heavy atom. The van der Waals surface area contributed by atoms with Crippen LogP contribution in [0.2, 0.25) is 0 Å². The molecule has 0 aliphatic carbocycles. The molecule has 0 atom stereocenters. The second-order valence-electron chi connectivity index (χ2n) is 3.77. The molecule has 0 bridgehead atoms. The first-order valence-electron chi connectivity index (χ1n) is 5.61. The predicted molar refractivity (Wildman–Crippen MR) is 67.5 cm³/mol. The van der Waals surface area contributed by atoms with Gasteiger partial charge < -0.3 is 14.1 Å². The maximum atomic E-state index is 11.9. The number of hydrogen-bond acceptors (Lipinski definition) is 3. The highest BCUT2D eigenvalue weighted by atomic mass is 16.5. The fraction of sp³-hybridized carbons (Fsp3) is 0.143. The van der Waals surface area contributed by atoms with Gasteiger partial charge in [-0.25, -0.2) is 0 Å². The van der Waals surface area contributed by atoms with Gasteiger partial charge in [-0.05, 0) is 17.7 Å². The van der Waals surface area contributed by atoms with Crippen LogP contribution in [0.5, 0.6) is 5.75 Å². The fourth-order valence-electron chi connectivity index (χ4n) is 1.58. The maximum absolute atomic E-state index is 11.9. The average Bonchev–Trinajstić information content (AvgIpc) is 2.41. The zero-order chi connectivity index (χ0) is 12.8. The van der Waals surface area contributed by atoms with Crippen LogP contribution in [0.15, 0.2) is 53.5 Å². The van der Waals surface area contributed by atoms with E-state index in [9.17, 15) is 9.59 Å². The molecule has 0 fully saturated rings.